The molecule has 0 aliphatic carbocycles. The molecule has 30 heavy (non-hydrogen) atoms. The van der Waals surface area contributed by atoms with Crippen LogP contribution >= 0.6 is 11.6 Å². The Morgan fingerprint density at radius 2 is 1.67 bits per heavy atom. The second kappa shape index (κ2) is 9.36. The fraction of sp³-hybridized carbons (Fsp3) is 0.269. The van der Waals surface area contributed by atoms with Crippen LogP contribution < -0.4 is 10.1 Å². The van der Waals surface area contributed by atoms with Gasteiger partial charge < -0.3 is 10.1 Å². The van der Waals surface area contributed by atoms with Crippen LogP contribution in [-0.4, -0.2) is 5.91 Å². The van der Waals surface area contributed by atoms with Gasteiger partial charge in [-0.2, -0.15) is 0 Å². The predicted octanol–water partition coefficient (Wildman–Crippen LogP) is 6.71. The number of carbonyl (C=O) groups excluding carboxylic acids is 1. The SMILES string of the molecule is C[C@@H](NC(=O)c1cc(Cl)ccc1OCc1ccccc1)c1ccc(C(C)(C)C)cc1. The van der Waals surface area contributed by atoms with Gasteiger partial charge >= 0.3 is 0 Å². The van der Waals surface area contributed by atoms with Crippen LogP contribution in [0.15, 0.2) is 72.8 Å². The molecule has 3 rings (SSSR count). The van der Waals surface area contributed by atoms with Gasteiger partial charge in [0.05, 0.1) is 11.6 Å². The van der Waals surface area contributed by atoms with E-state index in [-0.39, 0.29) is 17.4 Å². The zero-order valence-corrected chi connectivity index (χ0v) is 18.7. The van der Waals surface area contributed by atoms with Crippen LogP contribution in [0, 0.1) is 0 Å². The van der Waals surface area contributed by atoms with Gasteiger partial charge in [0.2, 0.25) is 0 Å². The molecular weight excluding hydrogens is 394 g/mol. The summed E-state index contributed by atoms with van der Waals surface area (Å²) < 4.78 is 5.92. The molecule has 0 saturated carbocycles. The Hall–Kier alpha value is -2.78. The van der Waals surface area contributed by atoms with Crippen molar-refractivity contribution < 1.29 is 9.53 Å². The van der Waals surface area contributed by atoms with Gasteiger partial charge in [0.1, 0.15) is 12.4 Å². The summed E-state index contributed by atoms with van der Waals surface area (Å²) in [4.78, 5) is 13.0. The van der Waals surface area contributed by atoms with E-state index in [1.54, 1.807) is 18.2 Å². The third-order valence-electron chi connectivity index (χ3n) is 5.05. The van der Waals surface area contributed by atoms with Crippen molar-refractivity contribution in [2.24, 2.45) is 0 Å². The quantitative estimate of drug-likeness (QED) is 0.480. The zero-order valence-electron chi connectivity index (χ0n) is 17.9. The minimum absolute atomic E-state index is 0.0940. The predicted molar refractivity (Wildman–Crippen MR) is 123 cm³/mol. The van der Waals surface area contributed by atoms with Crippen LogP contribution in [0.2, 0.25) is 5.02 Å². The summed E-state index contributed by atoms with van der Waals surface area (Å²) >= 11 is 6.16. The molecule has 156 valence electrons. The van der Waals surface area contributed by atoms with Crippen molar-refractivity contribution in [3.63, 3.8) is 0 Å². The highest BCUT2D eigenvalue weighted by Crippen LogP contribution is 2.26. The molecule has 0 spiro atoms. The number of halogens is 1. The second-order valence-electron chi connectivity index (χ2n) is 8.48. The molecule has 3 aromatic carbocycles. The summed E-state index contributed by atoms with van der Waals surface area (Å²) in [5.74, 6) is 0.295. The highest BCUT2D eigenvalue weighted by Gasteiger charge is 2.18. The highest BCUT2D eigenvalue weighted by atomic mass is 35.5. The lowest BCUT2D eigenvalue weighted by atomic mass is 9.86. The zero-order chi connectivity index (χ0) is 21.7. The summed E-state index contributed by atoms with van der Waals surface area (Å²) in [6.45, 7) is 8.90. The standard InChI is InChI=1S/C26H28ClNO2/c1-18(20-10-12-21(13-11-20)26(2,3)4)28-25(29)23-16-22(27)14-15-24(23)30-17-19-8-6-5-7-9-19/h5-16,18H,17H2,1-4H3,(H,28,29)/t18-/m1/s1. The lowest BCUT2D eigenvalue weighted by Gasteiger charge is -2.21. The largest absolute Gasteiger partial charge is 0.488 e. The summed E-state index contributed by atoms with van der Waals surface area (Å²) in [7, 11) is 0. The molecule has 0 aliphatic rings. The number of hydrogen-bond donors (Lipinski definition) is 1. The molecule has 0 bridgehead atoms. The molecule has 0 aromatic heterocycles. The van der Waals surface area contributed by atoms with E-state index in [1.807, 2.05) is 37.3 Å². The van der Waals surface area contributed by atoms with Crippen molar-refractivity contribution in [1.82, 2.24) is 5.32 Å². The molecule has 0 saturated heterocycles. The first-order chi connectivity index (χ1) is 14.2. The Balaban J connectivity index is 1.73. The fourth-order valence-corrected chi connectivity index (χ4v) is 3.34. The van der Waals surface area contributed by atoms with Gasteiger partial charge in [0.25, 0.3) is 5.91 Å². The second-order valence-corrected chi connectivity index (χ2v) is 8.92. The smallest absolute Gasteiger partial charge is 0.255 e. The summed E-state index contributed by atoms with van der Waals surface area (Å²) in [6.07, 6.45) is 0. The van der Waals surface area contributed by atoms with Crippen LogP contribution in [-0.2, 0) is 12.0 Å². The molecule has 1 atom stereocenters. The van der Waals surface area contributed by atoms with Crippen LogP contribution in [0.4, 0.5) is 0 Å². The van der Waals surface area contributed by atoms with Gasteiger partial charge in [0.15, 0.2) is 0 Å². The maximum Gasteiger partial charge on any atom is 0.255 e. The van der Waals surface area contributed by atoms with E-state index in [4.69, 9.17) is 16.3 Å². The summed E-state index contributed by atoms with van der Waals surface area (Å²) in [6, 6.07) is 23.2. The van der Waals surface area contributed by atoms with E-state index in [0.29, 0.717) is 22.9 Å². The van der Waals surface area contributed by atoms with Gasteiger partial charge in [-0.1, -0.05) is 87.0 Å². The Morgan fingerprint density at radius 1 is 1.00 bits per heavy atom. The summed E-state index contributed by atoms with van der Waals surface area (Å²) in [5.41, 5.74) is 3.86. The lowest BCUT2D eigenvalue weighted by molar-refractivity contribution is 0.0935. The molecule has 1 N–H and O–H groups in total. The van der Waals surface area contributed by atoms with Crippen molar-refractivity contribution in [1.29, 1.82) is 0 Å². The van der Waals surface area contributed by atoms with Gasteiger partial charge in [-0.3, -0.25) is 4.79 Å². The van der Waals surface area contributed by atoms with Crippen molar-refractivity contribution in [2.75, 3.05) is 0 Å². The molecule has 1 amide bonds. The Kier molecular flexibility index (Phi) is 6.84. The third kappa shape index (κ3) is 5.64. The number of carbonyl (C=O) groups is 1. The van der Waals surface area contributed by atoms with Gasteiger partial charge in [0, 0.05) is 5.02 Å². The minimum atomic E-state index is -0.215. The van der Waals surface area contributed by atoms with Gasteiger partial charge in [-0.25, -0.2) is 0 Å². The van der Waals surface area contributed by atoms with Crippen molar-refractivity contribution in [3.8, 4) is 5.75 Å². The van der Waals surface area contributed by atoms with E-state index in [9.17, 15) is 4.79 Å². The first kappa shape index (κ1) is 21.9. The van der Waals surface area contributed by atoms with E-state index in [2.05, 4.69) is 50.4 Å². The molecular formula is C26H28ClNO2. The Labute approximate surface area is 184 Å². The molecule has 0 fully saturated rings. The first-order valence-electron chi connectivity index (χ1n) is 10.1. The average Bonchev–Trinajstić information content (AvgIpc) is 2.73. The van der Waals surface area contributed by atoms with E-state index < -0.39 is 0 Å². The molecule has 0 unspecified atom stereocenters. The van der Waals surface area contributed by atoms with E-state index >= 15 is 0 Å². The van der Waals surface area contributed by atoms with Gasteiger partial charge in [-0.05, 0) is 47.2 Å². The van der Waals surface area contributed by atoms with Gasteiger partial charge in [-0.15, -0.1) is 0 Å². The third-order valence-corrected chi connectivity index (χ3v) is 5.28. The number of rotatable bonds is 6. The van der Waals surface area contributed by atoms with Crippen molar-refractivity contribution >= 4 is 17.5 Å². The topological polar surface area (TPSA) is 38.3 Å². The molecule has 3 aromatic rings. The maximum absolute atomic E-state index is 13.0. The van der Waals surface area contributed by atoms with Crippen LogP contribution in [0.3, 0.4) is 0 Å². The monoisotopic (exact) mass is 421 g/mol. The number of ether oxygens (including phenoxy) is 1. The van der Waals surface area contributed by atoms with E-state index in [0.717, 1.165) is 11.1 Å². The number of benzene rings is 3. The lowest BCUT2D eigenvalue weighted by Crippen LogP contribution is -2.27. The number of hydrogen-bond acceptors (Lipinski definition) is 2. The number of nitrogens with one attached hydrogen (secondary N) is 1. The Bertz CT molecular complexity index is 992. The normalized spacial score (nSPS) is 12.3. The average molecular weight is 422 g/mol. The Morgan fingerprint density at radius 3 is 2.30 bits per heavy atom. The summed E-state index contributed by atoms with van der Waals surface area (Å²) in [5, 5.41) is 3.55. The fourth-order valence-electron chi connectivity index (χ4n) is 3.17. The van der Waals surface area contributed by atoms with E-state index in [1.165, 1.54) is 5.56 Å². The van der Waals surface area contributed by atoms with Crippen LogP contribution in [0.5, 0.6) is 5.75 Å². The van der Waals surface area contributed by atoms with Crippen molar-refractivity contribution in [2.45, 2.75) is 45.8 Å². The molecule has 0 radical (unpaired) electrons. The van der Waals surface area contributed by atoms with Crippen LogP contribution in [0.25, 0.3) is 0 Å². The highest BCUT2D eigenvalue weighted by molar-refractivity contribution is 6.31. The van der Waals surface area contributed by atoms with Crippen molar-refractivity contribution in [3.05, 3.63) is 100 Å². The minimum Gasteiger partial charge on any atom is -0.488 e. The molecule has 0 heterocycles. The molecule has 0 aliphatic heterocycles. The first-order valence-corrected chi connectivity index (χ1v) is 10.5. The maximum atomic E-state index is 13.0. The molecule has 3 nitrogen and oxygen atoms in total. The molecule has 4 heteroatoms. The van der Waals surface area contributed by atoms with Crippen LogP contribution in [0.1, 0.15) is 60.8 Å². The number of amides is 1.